The Morgan fingerprint density at radius 2 is 2.00 bits per heavy atom. The number of piperidine rings is 1. The number of nitrogens with zero attached hydrogens (tertiary/aromatic N) is 3. The average molecular weight is 497 g/mol. The number of fused-ring (bicyclic) bond motifs is 1. The van der Waals surface area contributed by atoms with Crippen molar-refractivity contribution in [3.05, 3.63) is 63.8 Å². The Balaban J connectivity index is 1.40. The summed E-state index contributed by atoms with van der Waals surface area (Å²) >= 11 is 7.53. The zero-order chi connectivity index (χ0) is 23.8. The van der Waals surface area contributed by atoms with E-state index in [2.05, 4.69) is 54.3 Å². The number of halogens is 1. The molecule has 1 aliphatic rings. The molecule has 0 unspecified atom stereocenters. The molecule has 0 bridgehead atoms. The van der Waals surface area contributed by atoms with Crippen molar-refractivity contribution in [2.75, 3.05) is 13.1 Å². The maximum atomic E-state index is 13.4. The number of amides is 1. The summed E-state index contributed by atoms with van der Waals surface area (Å²) < 4.78 is 8.32. The second-order valence-electron chi connectivity index (χ2n) is 9.34. The Hall–Kier alpha value is -2.61. The number of nitrogens with one attached hydrogen (secondary N) is 1. The minimum atomic E-state index is -0.0365. The van der Waals surface area contributed by atoms with Crippen molar-refractivity contribution in [2.24, 2.45) is 0 Å². The fourth-order valence-corrected chi connectivity index (χ4v) is 5.67. The maximum absolute atomic E-state index is 13.4. The number of likely N-dealkylation sites (tertiary alicyclic amines) is 1. The van der Waals surface area contributed by atoms with Gasteiger partial charge in [-0.1, -0.05) is 28.4 Å². The van der Waals surface area contributed by atoms with Crippen LogP contribution in [0.4, 0.5) is 0 Å². The van der Waals surface area contributed by atoms with Crippen molar-refractivity contribution < 1.29 is 9.32 Å². The summed E-state index contributed by atoms with van der Waals surface area (Å²) in [5, 5.41) is 8.61. The molecule has 1 fully saturated rings. The molecule has 4 heterocycles. The van der Waals surface area contributed by atoms with Gasteiger partial charge in [-0.05, 0) is 63.9 Å². The van der Waals surface area contributed by atoms with E-state index in [1.165, 1.54) is 11.3 Å². The predicted molar refractivity (Wildman–Crippen MR) is 138 cm³/mol. The molecule has 1 N–H and O–H groups in total. The van der Waals surface area contributed by atoms with Crippen LogP contribution in [-0.4, -0.2) is 45.7 Å². The van der Waals surface area contributed by atoms with Gasteiger partial charge in [-0.15, -0.1) is 11.3 Å². The molecule has 0 saturated carbocycles. The summed E-state index contributed by atoms with van der Waals surface area (Å²) in [6.07, 6.45) is 1.94. The van der Waals surface area contributed by atoms with Crippen LogP contribution in [0.5, 0.6) is 0 Å². The zero-order valence-corrected chi connectivity index (χ0v) is 21.2. The maximum Gasteiger partial charge on any atom is 0.268 e. The second kappa shape index (κ2) is 9.56. The SMILES string of the molecule is Cc1ccc2c(c1)cc(C(=O)NC1CCN(C(C)C)CC1)n2Cc1cc(-c2ccc(Cl)s2)on1. The molecule has 34 heavy (non-hydrogen) atoms. The number of aromatic nitrogens is 2. The van der Waals surface area contributed by atoms with Crippen LogP contribution in [0, 0.1) is 6.92 Å². The summed E-state index contributed by atoms with van der Waals surface area (Å²) in [5.74, 6) is 0.646. The van der Waals surface area contributed by atoms with E-state index < -0.39 is 0 Å². The van der Waals surface area contributed by atoms with Crippen molar-refractivity contribution in [1.29, 1.82) is 0 Å². The van der Waals surface area contributed by atoms with Gasteiger partial charge in [0.2, 0.25) is 0 Å². The molecule has 0 radical (unpaired) electrons. The summed E-state index contributed by atoms with van der Waals surface area (Å²) in [6.45, 7) is 8.99. The van der Waals surface area contributed by atoms with Gasteiger partial charge in [-0.25, -0.2) is 0 Å². The molecule has 178 valence electrons. The van der Waals surface area contributed by atoms with Crippen LogP contribution in [0.25, 0.3) is 21.5 Å². The van der Waals surface area contributed by atoms with Gasteiger partial charge in [-0.3, -0.25) is 4.79 Å². The Morgan fingerprint density at radius 3 is 2.71 bits per heavy atom. The highest BCUT2D eigenvalue weighted by Gasteiger charge is 2.24. The summed E-state index contributed by atoms with van der Waals surface area (Å²) in [7, 11) is 0. The monoisotopic (exact) mass is 496 g/mol. The van der Waals surface area contributed by atoms with Crippen molar-refractivity contribution in [2.45, 2.75) is 52.2 Å². The van der Waals surface area contributed by atoms with Crippen molar-refractivity contribution in [1.82, 2.24) is 19.9 Å². The minimum Gasteiger partial charge on any atom is -0.355 e. The largest absolute Gasteiger partial charge is 0.355 e. The Labute approximate surface area is 208 Å². The number of carbonyl (C=O) groups excluding carboxylic acids is 1. The van der Waals surface area contributed by atoms with Crippen LogP contribution >= 0.6 is 22.9 Å². The highest BCUT2D eigenvalue weighted by atomic mass is 35.5. The van der Waals surface area contributed by atoms with Crippen molar-refractivity contribution >= 4 is 39.7 Å². The third-order valence-electron chi connectivity index (χ3n) is 6.58. The van der Waals surface area contributed by atoms with Crippen LogP contribution in [0.1, 0.15) is 48.4 Å². The third-order valence-corrected chi connectivity index (χ3v) is 7.83. The van der Waals surface area contributed by atoms with Crippen LogP contribution in [-0.2, 0) is 6.54 Å². The number of carbonyl (C=O) groups is 1. The van der Waals surface area contributed by atoms with Gasteiger partial charge in [0, 0.05) is 42.1 Å². The van der Waals surface area contributed by atoms with Gasteiger partial charge in [0.05, 0.1) is 15.8 Å². The highest BCUT2D eigenvalue weighted by Crippen LogP contribution is 2.32. The molecule has 1 aliphatic heterocycles. The smallest absolute Gasteiger partial charge is 0.268 e. The van der Waals surface area contributed by atoms with Crippen molar-refractivity contribution in [3.8, 4) is 10.6 Å². The standard InChI is InChI=1S/C26H29ClN4O2S/c1-16(2)30-10-8-19(9-11-30)28-26(32)22-13-18-12-17(3)4-5-21(18)31(22)15-20-14-23(33-29-20)24-6-7-25(27)34-24/h4-7,12-14,16,19H,8-11,15H2,1-3H3,(H,28,32). The molecule has 5 rings (SSSR count). The lowest BCUT2D eigenvalue weighted by atomic mass is 10.0. The number of thiophene rings is 1. The van der Waals surface area contributed by atoms with Gasteiger partial charge in [0.1, 0.15) is 11.4 Å². The van der Waals surface area contributed by atoms with Gasteiger partial charge < -0.3 is 19.3 Å². The van der Waals surface area contributed by atoms with Crippen molar-refractivity contribution in [3.63, 3.8) is 0 Å². The summed E-state index contributed by atoms with van der Waals surface area (Å²) in [4.78, 5) is 16.8. The number of hydrogen-bond acceptors (Lipinski definition) is 5. The Bertz CT molecular complexity index is 1310. The van der Waals surface area contributed by atoms with E-state index in [0.717, 1.165) is 53.0 Å². The highest BCUT2D eigenvalue weighted by molar-refractivity contribution is 7.19. The summed E-state index contributed by atoms with van der Waals surface area (Å²) in [5.41, 5.74) is 3.58. The van der Waals surface area contributed by atoms with Gasteiger partial charge >= 0.3 is 0 Å². The lowest BCUT2D eigenvalue weighted by Gasteiger charge is -2.34. The first-order valence-corrected chi connectivity index (χ1v) is 12.9. The Morgan fingerprint density at radius 1 is 1.21 bits per heavy atom. The number of hydrogen-bond donors (Lipinski definition) is 1. The lowest BCUT2D eigenvalue weighted by molar-refractivity contribution is 0.0892. The van der Waals surface area contributed by atoms with E-state index in [4.69, 9.17) is 16.1 Å². The Kier molecular flexibility index (Phi) is 6.51. The van der Waals surface area contributed by atoms with E-state index in [-0.39, 0.29) is 11.9 Å². The first kappa shape index (κ1) is 23.1. The quantitative estimate of drug-likeness (QED) is 0.357. The number of aryl methyl sites for hydroxylation is 1. The molecule has 4 aromatic rings. The normalized spacial score (nSPS) is 15.4. The molecule has 1 aromatic carbocycles. The molecular formula is C26H29ClN4O2S. The first-order chi connectivity index (χ1) is 16.4. The van der Waals surface area contributed by atoms with E-state index in [0.29, 0.717) is 28.4 Å². The van der Waals surface area contributed by atoms with E-state index in [1.807, 2.05) is 28.8 Å². The number of rotatable bonds is 6. The molecule has 0 aliphatic carbocycles. The van der Waals surface area contributed by atoms with Gasteiger partial charge in [-0.2, -0.15) is 0 Å². The van der Waals surface area contributed by atoms with E-state index in [9.17, 15) is 4.79 Å². The summed E-state index contributed by atoms with van der Waals surface area (Å²) in [6, 6.07) is 14.7. The van der Waals surface area contributed by atoms with Crippen LogP contribution in [0.2, 0.25) is 4.34 Å². The zero-order valence-electron chi connectivity index (χ0n) is 19.7. The molecular weight excluding hydrogens is 468 g/mol. The molecule has 1 amide bonds. The van der Waals surface area contributed by atoms with E-state index >= 15 is 0 Å². The van der Waals surface area contributed by atoms with Crippen LogP contribution in [0.15, 0.2) is 47.0 Å². The van der Waals surface area contributed by atoms with Gasteiger partial charge in [0.25, 0.3) is 5.91 Å². The van der Waals surface area contributed by atoms with Crippen LogP contribution in [0.3, 0.4) is 0 Å². The van der Waals surface area contributed by atoms with Crippen LogP contribution < -0.4 is 5.32 Å². The second-order valence-corrected chi connectivity index (χ2v) is 11.1. The molecule has 0 atom stereocenters. The average Bonchev–Trinajstić information content (AvgIpc) is 3.53. The molecule has 8 heteroatoms. The predicted octanol–water partition coefficient (Wildman–Crippen LogP) is 5.97. The topological polar surface area (TPSA) is 63.3 Å². The molecule has 0 spiro atoms. The minimum absolute atomic E-state index is 0.0365. The molecule has 1 saturated heterocycles. The van der Waals surface area contributed by atoms with Gasteiger partial charge in [0.15, 0.2) is 5.76 Å². The molecule has 3 aromatic heterocycles. The fourth-order valence-electron chi connectivity index (χ4n) is 4.68. The van der Waals surface area contributed by atoms with E-state index in [1.54, 1.807) is 0 Å². The fraction of sp³-hybridized carbons (Fsp3) is 0.385. The molecule has 6 nitrogen and oxygen atoms in total. The third kappa shape index (κ3) is 4.78. The lowest BCUT2D eigenvalue weighted by Crippen LogP contribution is -2.46. The first-order valence-electron chi connectivity index (χ1n) is 11.7. The number of benzene rings is 1.